The summed E-state index contributed by atoms with van der Waals surface area (Å²) in [6.07, 6.45) is 0.949. The van der Waals surface area contributed by atoms with E-state index in [1.807, 2.05) is 40.1 Å². The molecule has 0 N–H and O–H groups in total. The highest BCUT2D eigenvalue weighted by Crippen LogP contribution is 2.50. The van der Waals surface area contributed by atoms with Crippen molar-refractivity contribution >= 4 is 11.8 Å². The lowest BCUT2D eigenvalue weighted by Crippen LogP contribution is -2.51. The molecule has 2 amide bonds. The van der Waals surface area contributed by atoms with Crippen LogP contribution >= 0.6 is 0 Å². The number of ether oxygens (including phenoxy) is 2. The lowest BCUT2D eigenvalue weighted by Gasteiger charge is -2.33. The summed E-state index contributed by atoms with van der Waals surface area (Å²) in [6, 6.07) is 9.87. The number of nitrogens with zero attached hydrogens (tertiary/aromatic N) is 3. The van der Waals surface area contributed by atoms with E-state index in [2.05, 4.69) is 4.90 Å². The van der Waals surface area contributed by atoms with E-state index in [9.17, 15) is 9.59 Å². The van der Waals surface area contributed by atoms with Crippen LogP contribution in [-0.2, 0) is 19.1 Å². The molecule has 4 aliphatic rings. The first-order valence-electron chi connectivity index (χ1n) is 9.80. The molecule has 0 aromatic heterocycles. The molecular formula is C20H25N3O4. The standard InChI is InChI=1S/C20H25N3O4/c24-18-12-17-20(23(18)13-16(27-20)15-4-2-1-3-5-15)6-7-22(17)19(25)14-21-8-10-26-11-9-21/h1-5,16-17H,6-14H2/t16-,17-,20+/m1/s1. The van der Waals surface area contributed by atoms with E-state index in [1.54, 1.807) is 0 Å². The molecule has 0 aliphatic carbocycles. The lowest BCUT2D eigenvalue weighted by atomic mass is 10.1. The van der Waals surface area contributed by atoms with E-state index in [1.165, 1.54) is 0 Å². The van der Waals surface area contributed by atoms with Crippen LogP contribution < -0.4 is 0 Å². The Morgan fingerprint density at radius 1 is 1.15 bits per heavy atom. The Hall–Kier alpha value is -1.96. The molecule has 4 aliphatic heterocycles. The van der Waals surface area contributed by atoms with Gasteiger partial charge in [0, 0.05) is 26.1 Å². The summed E-state index contributed by atoms with van der Waals surface area (Å²) < 4.78 is 11.9. The van der Waals surface area contributed by atoms with Crippen LogP contribution in [0.15, 0.2) is 30.3 Å². The molecule has 1 aromatic carbocycles. The Bertz CT molecular complexity index is 736. The molecule has 144 valence electrons. The van der Waals surface area contributed by atoms with E-state index in [0.717, 1.165) is 18.7 Å². The van der Waals surface area contributed by atoms with E-state index in [4.69, 9.17) is 9.47 Å². The minimum atomic E-state index is -0.641. The summed E-state index contributed by atoms with van der Waals surface area (Å²) in [6.45, 7) is 4.54. The molecule has 0 unspecified atom stereocenters. The zero-order valence-corrected chi connectivity index (χ0v) is 15.4. The molecule has 27 heavy (non-hydrogen) atoms. The number of amides is 2. The summed E-state index contributed by atoms with van der Waals surface area (Å²) in [5, 5.41) is 0. The Balaban J connectivity index is 1.34. The second-order valence-corrected chi connectivity index (χ2v) is 7.81. The average Bonchev–Trinajstić information content (AvgIpc) is 3.32. The number of rotatable bonds is 3. The Morgan fingerprint density at radius 2 is 1.93 bits per heavy atom. The SMILES string of the molecule is O=C(CN1CCOCC1)N1CC[C@@]23O[C@@H](c4ccccc4)CN2C(=O)C[C@@H]13. The lowest BCUT2D eigenvalue weighted by molar-refractivity contribution is -0.143. The first-order valence-corrected chi connectivity index (χ1v) is 9.80. The molecular weight excluding hydrogens is 346 g/mol. The third-order valence-electron chi connectivity index (χ3n) is 6.38. The molecule has 0 bridgehead atoms. The predicted octanol–water partition coefficient (Wildman–Crippen LogP) is 0.620. The highest BCUT2D eigenvalue weighted by Gasteiger charge is 2.64. The van der Waals surface area contributed by atoms with E-state index < -0.39 is 5.72 Å². The molecule has 5 rings (SSSR count). The summed E-state index contributed by atoms with van der Waals surface area (Å²) in [7, 11) is 0. The van der Waals surface area contributed by atoms with Crippen LogP contribution in [-0.4, -0.2) is 84.2 Å². The van der Waals surface area contributed by atoms with Crippen molar-refractivity contribution in [1.82, 2.24) is 14.7 Å². The quantitative estimate of drug-likeness (QED) is 0.780. The Kier molecular flexibility index (Phi) is 4.18. The largest absolute Gasteiger partial charge is 0.379 e. The van der Waals surface area contributed by atoms with Gasteiger partial charge in [0.1, 0.15) is 6.10 Å². The predicted molar refractivity (Wildman–Crippen MR) is 96.7 cm³/mol. The fourth-order valence-electron chi connectivity index (χ4n) is 5.01. The minimum absolute atomic E-state index is 0.0974. The molecule has 1 spiro atoms. The topological polar surface area (TPSA) is 62.3 Å². The van der Waals surface area contributed by atoms with Crippen molar-refractivity contribution in [3.05, 3.63) is 35.9 Å². The molecule has 0 radical (unpaired) electrons. The number of carbonyl (C=O) groups is 2. The summed E-state index contributed by atoms with van der Waals surface area (Å²) >= 11 is 0. The number of morpholine rings is 1. The molecule has 4 heterocycles. The maximum atomic E-state index is 13.0. The van der Waals surface area contributed by atoms with Gasteiger partial charge in [-0.15, -0.1) is 0 Å². The van der Waals surface area contributed by atoms with Gasteiger partial charge in [-0.25, -0.2) is 0 Å². The Morgan fingerprint density at radius 3 is 2.70 bits per heavy atom. The molecule has 4 saturated heterocycles. The smallest absolute Gasteiger partial charge is 0.237 e. The molecule has 3 atom stereocenters. The van der Waals surface area contributed by atoms with Crippen molar-refractivity contribution in [2.45, 2.75) is 30.7 Å². The van der Waals surface area contributed by atoms with E-state index in [0.29, 0.717) is 45.7 Å². The van der Waals surface area contributed by atoms with Gasteiger partial charge < -0.3 is 19.3 Å². The van der Waals surface area contributed by atoms with Gasteiger partial charge in [-0.2, -0.15) is 0 Å². The van der Waals surface area contributed by atoms with Crippen LogP contribution in [0.5, 0.6) is 0 Å². The van der Waals surface area contributed by atoms with Crippen LogP contribution in [0.25, 0.3) is 0 Å². The first kappa shape index (κ1) is 17.2. The van der Waals surface area contributed by atoms with Gasteiger partial charge in [-0.1, -0.05) is 30.3 Å². The van der Waals surface area contributed by atoms with Gasteiger partial charge in [0.2, 0.25) is 11.8 Å². The van der Waals surface area contributed by atoms with Crippen LogP contribution in [0, 0.1) is 0 Å². The van der Waals surface area contributed by atoms with Crippen LogP contribution in [0.1, 0.15) is 24.5 Å². The molecule has 4 fully saturated rings. The number of carbonyl (C=O) groups excluding carboxylic acids is 2. The van der Waals surface area contributed by atoms with E-state index >= 15 is 0 Å². The number of benzene rings is 1. The summed E-state index contributed by atoms with van der Waals surface area (Å²) in [4.78, 5) is 31.5. The third-order valence-corrected chi connectivity index (χ3v) is 6.38. The maximum Gasteiger partial charge on any atom is 0.237 e. The van der Waals surface area contributed by atoms with Gasteiger partial charge in [0.25, 0.3) is 0 Å². The van der Waals surface area contributed by atoms with Gasteiger partial charge in [0.05, 0.1) is 38.8 Å². The van der Waals surface area contributed by atoms with Crippen molar-refractivity contribution in [1.29, 1.82) is 0 Å². The monoisotopic (exact) mass is 371 g/mol. The average molecular weight is 371 g/mol. The number of hydrogen-bond acceptors (Lipinski definition) is 5. The van der Waals surface area contributed by atoms with Crippen molar-refractivity contribution in [3.63, 3.8) is 0 Å². The van der Waals surface area contributed by atoms with Crippen molar-refractivity contribution in [3.8, 4) is 0 Å². The summed E-state index contributed by atoms with van der Waals surface area (Å²) in [5.74, 6) is 0.197. The molecule has 7 heteroatoms. The van der Waals surface area contributed by atoms with Crippen molar-refractivity contribution in [2.24, 2.45) is 0 Å². The zero-order valence-electron chi connectivity index (χ0n) is 15.4. The molecule has 1 aromatic rings. The van der Waals surface area contributed by atoms with Gasteiger partial charge >= 0.3 is 0 Å². The van der Waals surface area contributed by atoms with Gasteiger partial charge in [0.15, 0.2) is 5.72 Å². The molecule has 0 saturated carbocycles. The number of hydrogen-bond donors (Lipinski definition) is 0. The highest BCUT2D eigenvalue weighted by molar-refractivity contribution is 5.85. The zero-order chi connectivity index (χ0) is 18.4. The molecule has 7 nitrogen and oxygen atoms in total. The second-order valence-electron chi connectivity index (χ2n) is 7.81. The van der Waals surface area contributed by atoms with Crippen molar-refractivity contribution < 1.29 is 19.1 Å². The fraction of sp³-hybridized carbons (Fsp3) is 0.600. The number of likely N-dealkylation sites (tertiary alicyclic amines) is 1. The second kappa shape index (κ2) is 6.58. The first-order chi connectivity index (χ1) is 13.2. The summed E-state index contributed by atoms with van der Waals surface area (Å²) in [5.41, 5.74) is 0.448. The van der Waals surface area contributed by atoms with Crippen molar-refractivity contribution in [2.75, 3.05) is 45.9 Å². The fourth-order valence-corrected chi connectivity index (χ4v) is 5.01. The third kappa shape index (κ3) is 2.76. The van der Waals surface area contributed by atoms with Gasteiger partial charge in [-0.05, 0) is 5.56 Å². The van der Waals surface area contributed by atoms with Crippen LogP contribution in [0.3, 0.4) is 0 Å². The Labute approximate surface area is 158 Å². The normalized spacial score (nSPS) is 33.4. The van der Waals surface area contributed by atoms with Crippen LogP contribution in [0.2, 0.25) is 0 Å². The van der Waals surface area contributed by atoms with Crippen LogP contribution in [0.4, 0.5) is 0 Å². The maximum absolute atomic E-state index is 13.0. The van der Waals surface area contributed by atoms with Gasteiger partial charge in [-0.3, -0.25) is 14.5 Å². The minimum Gasteiger partial charge on any atom is -0.379 e. The highest BCUT2D eigenvalue weighted by atomic mass is 16.5. The van der Waals surface area contributed by atoms with E-state index in [-0.39, 0.29) is 24.0 Å².